The fourth-order valence-electron chi connectivity index (χ4n) is 3.04. The molecule has 0 fully saturated rings. The van der Waals surface area contributed by atoms with Crippen LogP contribution in [0.25, 0.3) is 11.1 Å². The number of rotatable bonds is 6. The summed E-state index contributed by atoms with van der Waals surface area (Å²) < 4.78 is 82.6. The maximum Gasteiger partial charge on any atom is 0.416 e. The van der Waals surface area contributed by atoms with Crippen molar-refractivity contribution in [1.29, 1.82) is 0 Å². The van der Waals surface area contributed by atoms with Gasteiger partial charge in [0.25, 0.3) is 0 Å². The third-order valence-corrected chi connectivity index (χ3v) is 4.53. The number of halogens is 6. The molecule has 0 spiro atoms. The van der Waals surface area contributed by atoms with Gasteiger partial charge in [-0.25, -0.2) is 0 Å². The Bertz CT molecular complexity index is 1100. The van der Waals surface area contributed by atoms with Gasteiger partial charge in [-0.15, -0.1) is 0 Å². The van der Waals surface area contributed by atoms with Crippen LogP contribution < -0.4 is 4.74 Å². The molecule has 0 saturated carbocycles. The van der Waals surface area contributed by atoms with Gasteiger partial charge in [0.05, 0.1) is 17.5 Å². The predicted octanol–water partition coefficient (Wildman–Crippen LogP) is 6.60. The fourth-order valence-corrected chi connectivity index (χ4v) is 3.04. The summed E-state index contributed by atoms with van der Waals surface area (Å²) in [4.78, 5) is 11.1. The number of carboxylic acids is 1. The Morgan fingerprint density at radius 2 is 1.41 bits per heavy atom. The Morgan fingerprint density at radius 3 is 2.00 bits per heavy atom. The van der Waals surface area contributed by atoms with Crippen molar-refractivity contribution in [2.45, 2.75) is 25.4 Å². The Morgan fingerprint density at radius 1 is 0.750 bits per heavy atom. The van der Waals surface area contributed by atoms with Gasteiger partial charge in [-0.05, 0) is 58.7 Å². The van der Waals surface area contributed by atoms with Crippen LogP contribution in [0.4, 0.5) is 26.3 Å². The zero-order valence-electron chi connectivity index (χ0n) is 16.3. The van der Waals surface area contributed by atoms with Gasteiger partial charge in [-0.1, -0.05) is 30.3 Å². The van der Waals surface area contributed by atoms with E-state index in [0.717, 1.165) is 24.3 Å². The number of hydrogen-bond donors (Lipinski definition) is 1. The van der Waals surface area contributed by atoms with Gasteiger partial charge in [0, 0.05) is 0 Å². The zero-order chi connectivity index (χ0) is 23.5. The second-order valence-corrected chi connectivity index (χ2v) is 7.00. The Hall–Kier alpha value is -3.49. The molecule has 9 heteroatoms. The summed E-state index contributed by atoms with van der Waals surface area (Å²) in [6, 6.07) is 13.3. The van der Waals surface area contributed by atoms with Gasteiger partial charge in [-0.2, -0.15) is 26.3 Å². The summed E-state index contributed by atoms with van der Waals surface area (Å²) in [6.45, 7) is -0.215. The molecule has 0 radical (unpaired) electrons. The predicted molar refractivity (Wildman–Crippen MR) is 104 cm³/mol. The number of carboxylic acid groups (broad SMARTS) is 1. The third-order valence-electron chi connectivity index (χ3n) is 4.53. The van der Waals surface area contributed by atoms with E-state index in [1.165, 1.54) is 42.5 Å². The lowest BCUT2D eigenvalue weighted by Crippen LogP contribution is -2.06. The van der Waals surface area contributed by atoms with E-state index in [0.29, 0.717) is 16.7 Å². The number of hydrogen-bond acceptors (Lipinski definition) is 2. The lowest BCUT2D eigenvalue weighted by atomic mass is 10.00. The molecule has 3 aromatic carbocycles. The monoisotopic (exact) mass is 454 g/mol. The van der Waals surface area contributed by atoms with Crippen molar-refractivity contribution in [3.05, 3.63) is 89.0 Å². The first-order valence-electron chi connectivity index (χ1n) is 9.24. The average molecular weight is 454 g/mol. The second-order valence-electron chi connectivity index (χ2n) is 7.00. The second kappa shape index (κ2) is 8.94. The molecule has 0 aromatic heterocycles. The molecule has 0 aliphatic rings. The van der Waals surface area contributed by atoms with Crippen LogP contribution in [0.5, 0.6) is 5.75 Å². The lowest BCUT2D eigenvalue weighted by Gasteiger charge is -2.13. The van der Waals surface area contributed by atoms with Crippen molar-refractivity contribution >= 4 is 5.97 Å². The van der Waals surface area contributed by atoms with Crippen LogP contribution in [-0.4, -0.2) is 11.1 Å². The maximum absolute atomic E-state index is 12.9. The van der Waals surface area contributed by atoms with E-state index in [4.69, 9.17) is 9.84 Å². The highest BCUT2D eigenvalue weighted by molar-refractivity contribution is 5.73. The fraction of sp³-hybridized carbons (Fsp3) is 0.174. The first kappa shape index (κ1) is 23.2. The summed E-state index contributed by atoms with van der Waals surface area (Å²) >= 11 is 0. The number of benzene rings is 3. The molecule has 0 amide bonds. The SMILES string of the molecule is O=C(O)Cc1cc(OCc2cccc(C(F)(F)F)c2)cc(-c2ccc(C(F)(F)F)cc2)c1. The lowest BCUT2D eigenvalue weighted by molar-refractivity contribution is -0.138. The molecular formula is C23H16F6O3. The van der Waals surface area contributed by atoms with Gasteiger partial charge in [0.2, 0.25) is 0 Å². The highest BCUT2D eigenvalue weighted by Gasteiger charge is 2.31. The molecule has 3 aromatic rings. The van der Waals surface area contributed by atoms with Crippen LogP contribution in [0.2, 0.25) is 0 Å². The molecular weight excluding hydrogens is 438 g/mol. The molecule has 0 heterocycles. The van der Waals surface area contributed by atoms with E-state index in [1.54, 1.807) is 0 Å². The van der Waals surface area contributed by atoms with Crippen LogP contribution in [0.15, 0.2) is 66.7 Å². The molecule has 32 heavy (non-hydrogen) atoms. The zero-order valence-corrected chi connectivity index (χ0v) is 16.3. The molecule has 1 N–H and O–H groups in total. The highest BCUT2D eigenvalue weighted by Crippen LogP contribution is 2.33. The molecule has 3 rings (SSSR count). The molecule has 0 aliphatic heterocycles. The Kier molecular flexibility index (Phi) is 6.47. The van der Waals surface area contributed by atoms with Gasteiger partial charge in [0.1, 0.15) is 12.4 Å². The van der Waals surface area contributed by atoms with Crippen LogP contribution in [0, 0.1) is 0 Å². The van der Waals surface area contributed by atoms with E-state index >= 15 is 0 Å². The minimum Gasteiger partial charge on any atom is -0.489 e. The van der Waals surface area contributed by atoms with Crippen LogP contribution >= 0.6 is 0 Å². The number of aliphatic carboxylic acids is 1. The smallest absolute Gasteiger partial charge is 0.416 e. The largest absolute Gasteiger partial charge is 0.489 e. The molecule has 0 bridgehead atoms. The summed E-state index contributed by atoms with van der Waals surface area (Å²) in [6.07, 6.45) is -9.37. The van der Waals surface area contributed by atoms with Crippen LogP contribution in [0.3, 0.4) is 0 Å². The minimum absolute atomic E-state index is 0.177. The van der Waals surface area contributed by atoms with E-state index in [2.05, 4.69) is 0 Å². The molecule has 0 atom stereocenters. The number of carbonyl (C=O) groups is 1. The summed E-state index contributed by atoms with van der Waals surface area (Å²) in [7, 11) is 0. The van der Waals surface area contributed by atoms with Crippen LogP contribution in [0.1, 0.15) is 22.3 Å². The van der Waals surface area contributed by atoms with Crippen molar-refractivity contribution < 1.29 is 41.0 Å². The number of alkyl halides is 6. The van der Waals surface area contributed by atoms with Gasteiger partial charge in [-0.3, -0.25) is 4.79 Å². The van der Waals surface area contributed by atoms with Crippen molar-refractivity contribution in [2.75, 3.05) is 0 Å². The first-order chi connectivity index (χ1) is 14.9. The topological polar surface area (TPSA) is 46.5 Å². The van der Waals surface area contributed by atoms with Crippen molar-refractivity contribution in [3.63, 3.8) is 0 Å². The molecule has 0 saturated heterocycles. The van der Waals surface area contributed by atoms with E-state index in [1.807, 2.05) is 0 Å². The van der Waals surface area contributed by atoms with E-state index in [-0.39, 0.29) is 24.3 Å². The normalized spacial score (nSPS) is 11.9. The van der Waals surface area contributed by atoms with Crippen molar-refractivity contribution in [2.24, 2.45) is 0 Å². The summed E-state index contributed by atoms with van der Waals surface area (Å²) in [5.41, 5.74) is -0.271. The van der Waals surface area contributed by atoms with Gasteiger partial charge >= 0.3 is 18.3 Å². The number of ether oxygens (including phenoxy) is 1. The Labute approximate surface area is 178 Å². The standard InChI is InChI=1S/C23H16F6O3/c24-22(25,26)18-6-4-16(5-7-18)17-8-15(11-21(30)31)10-20(12-17)32-13-14-2-1-3-19(9-14)23(27,28)29/h1-10,12H,11,13H2,(H,30,31). The van der Waals surface area contributed by atoms with Gasteiger partial charge in [0.15, 0.2) is 0 Å². The Balaban J connectivity index is 1.88. The highest BCUT2D eigenvalue weighted by atomic mass is 19.4. The van der Waals surface area contributed by atoms with E-state index < -0.39 is 29.4 Å². The third kappa shape index (κ3) is 6.03. The van der Waals surface area contributed by atoms with Crippen molar-refractivity contribution in [1.82, 2.24) is 0 Å². The van der Waals surface area contributed by atoms with Crippen molar-refractivity contribution in [3.8, 4) is 16.9 Å². The van der Waals surface area contributed by atoms with Gasteiger partial charge < -0.3 is 9.84 Å². The minimum atomic E-state index is -4.51. The quantitative estimate of drug-likeness (QED) is 0.427. The average Bonchev–Trinajstić information content (AvgIpc) is 2.71. The molecule has 0 aliphatic carbocycles. The van der Waals surface area contributed by atoms with Crippen LogP contribution in [-0.2, 0) is 30.2 Å². The molecule has 0 unspecified atom stereocenters. The van der Waals surface area contributed by atoms with E-state index in [9.17, 15) is 31.1 Å². The maximum atomic E-state index is 12.9. The summed E-state index contributed by atoms with van der Waals surface area (Å²) in [5, 5.41) is 9.09. The molecule has 3 nitrogen and oxygen atoms in total. The molecule has 168 valence electrons. The first-order valence-corrected chi connectivity index (χ1v) is 9.24. The summed E-state index contributed by atoms with van der Waals surface area (Å²) in [5.74, 6) is -0.950.